The Labute approximate surface area is 159 Å². The number of hydrogen-bond donors (Lipinski definition) is 2. The smallest absolute Gasteiger partial charge is 0.327 e. The molecule has 0 aliphatic carbocycles. The molecule has 2 atom stereocenters. The summed E-state index contributed by atoms with van der Waals surface area (Å²) in [7, 11) is 0. The minimum Gasteiger partial charge on any atom is -0.480 e. The van der Waals surface area contributed by atoms with Crippen molar-refractivity contribution in [3.05, 3.63) is 35.7 Å². The van der Waals surface area contributed by atoms with Crippen molar-refractivity contribution in [3.63, 3.8) is 0 Å². The maximum absolute atomic E-state index is 12.9. The van der Waals surface area contributed by atoms with Gasteiger partial charge in [-0.2, -0.15) is 0 Å². The van der Waals surface area contributed by atoms with Crippen LogP contribution >= 0.6 is 11.8 Å². The van der Waals surface area contributed by atoms with Gasteiger partial charge in [0.25, 0.3) is 0 Å². The van der Waals surface area contributed by atoms with E-state index >= 15 is 0 Å². The van der Waals surface area contributed by atoms with Crippen LogP contribution in [0.2, 0.25) is 0 Å². The minimum atomic E-state index is -0.976. The van der Waals surface area contributed by atoms with E-state index in [0.717, 1.165) is 17.3 Å². The summed E-state index contributed by atoms with van der Waals surface area (Å²) >= 11 is 1.16. The number of ether oxygens (including phenoxy) is 1. The Hall–Kier alpha value is -2.81. The van der Waals surface area contributed by atoms with Crippen LogP contribution in [0.4, 0.5) is 16.2 Å². The van der Waals surface area contributed by atoms with Gasteiger partial charge in [0.15, 0.2) is 0 Å². The second kappa shape index (κ2) is 6.41. The Morgan fingerprint density at radius 3 is 2.78 bits per heavy atom. The highest BCUT2D eigenvalue weighted by molar-refractivity contribution is 8.00. The van der Waals surface area contributed by atoms with Crippen LogP contribution in [0.3, 0.4) is 0 Å². The first-order valence-corrected chi connectivity index (χ1v) is 9.38. The molecule has 4 heterocycles. The highest BCUT2D eigenvalue weighted by atomic mass is 32.2. The van der Waals surface area contributed by atoms with Crippen molar-refractivity contribution in [2.75, 3.05) is 4.90 Å². The number of rotatable bonds is 4. The Morgan fingerprint density at radius 1 is 1.33 bits per heavy atom. The number of amides is 2. The fourth-order valence-corrected chi connectivity index (χ4v) is 4.49. The lowest BCUT2D eigenvalue weighted by Crippen LogP contribution is -2.47. The van der Waals surface area contributed by atoms with Gasteiger partial charge in [0, 0.05) is 17.8 Å². The van der Waals surface area contributed by atoms with Crippen molar-refractivity contribution >= 4 is 35.1 Å². The van der Waals surface area contributed by atoms with Gasteiger partial charge in [-0.25, -0.2) is 14.8 Å². The highest BCUT2D eigenvalue weighted by Gasteiger charge is 2.46. The van der Waals surface area contributed by atoms with E-state index in [2.05, 4.69) is 15.3 Å². The molecule has 0 bridgehead atoms. The zero-order valence-corrected chi connectivity index (χ0v) is 15.8. The summed E-state index contributed by atoms with van der Waals surface area (Å²) in [4.78, 5) is 34.7. The summed E-state index contributed by atoms with van der Waals surface area (Å²) in [5.41, 5.74) is 2.61. The molecule has 0 saturated carbocycles. The predicted molar refractivity (Wildman–Crippen MR) is 99.7 cm³/mol. The summed E-state index contributed by atoms with van der Waals surface area (Å²) in [5, 5.41) is 12.1. The topological polar surface area (TPSA) is 105 Å². The number of aliphatic carboxylic acids is 1. The fraction of sp³-hybridized carbons (Fsp3) is 0.333. The normalized spacial score (nSPS) is 20.4. The molecule has 0 saturated heterocycles. The first-order valence-electron chi connectivity index (χ1n) is 8.50. The van der Waals surface area contributed by atoms with Crippen LogP contribution in [0.5, 0.6) is 5.88 Å². The van der Waals surface area contributed by atoms with Gasteiger partial charge < -0.3 is 15.2 Å². The van der Waals surface area contributed by atoms with Crippen molar-refractivity contribution < 1.29 is 19.4 Å². The molecule has 0 spiro atoms. The second-order valence-electron chi connectivity index (χ2n) is 6.61. The third kappa shape index (κ3) is 2.87. The van der Waals surface area contributed by atoms with Crippen LogP contribution in [0.1, 0.15) is 31.1 Å². The summed E-state index contributed by atoms with van der Waals surface area (Å²) in [5.74, 6) is -0.487. The number of urea groups is 1. The van der Waals surface area contributed by atoms with E-state index in [0.29, 0.717) is 28.0 Å². The fourth-order valence-electron chi connectivity index (χ4n) is 3.33. The molecular weight excluding hydrogens is 368 g/mol. The molecule has 2 aliphatic heterocycles. The van der Waals surface area contributed by atoms with E-state index in [9.17, 15) is 14.7 Å². The Bertz CT molecular complexity index is 949. The molecule has 2 aromatic rings. The molecule has 4 rings (SSSR count). The van der Waals surface area contributed by atoms with Gasteiger partial charge in [0.1, 0.15) is 10.3 Å². The molecule has 9 heteroatoms. The molecule has 2 N–H and O–H groups in total. The number of aromatic nitrogens is 2. The summed E-state index contributed by atoms with van der Waals surface area (Å²) in [6, 6.07) is 4.24. The van der Waals surface area contributed by atoms with E-state index in [-0.39, 0.29) is 12.1 Å². The van der Waals surface area contributed by atoms with E-state index in [1.165, 1.54) is 4.90 Å². The average molecular weight is 386 g/mol. The number of carboxylic acids is 1. The predicted octanol–water partition coefficient (Wildman–Crippen LogP) is 3.03. The van der Waals surface area contributed by atoms with Gasteiger partial charge in [-0.3, -0.25) is 9.69 Å². The van der Waals surface area contributed by atoms with Crippen LogP contribution in [0, 0.1) is 6.92 Å². The number of aryl methyl sites for hydroxylation is 1. The molecule has 0 aromatic carbocycles. The third-order valence-corrected chi connectivity index (χ3v) is 5.66. The Balaban J connectivity index is 1.78. The largest absolute Gasteiger partial charge is 0.480 e. The monoisotopic (exact) mass is 386 g/mol. The molecule has 2 aromatic heterocycles. The third-order valence-electron chi connectivity index (χ3n) is 4.38. The van der Waals surface area contributed by atoms with Crippen molar-refractivity contribution in [3.8, 4) is 5.88 Å². The molecule has 27 heavy (non-hydrogen) atoms. The van der Waals surface area contributed by atoms with Gasteiger partial charge in [-0.15, -0.1) is 0 Å². The maximum atomic E-state index is 12.9. The van der Waals surface area contributed by atoms with Crippen molar-refractivity contribution in [2.45, 2.75) is 43.2 Å². The molecule has 0 radical (unpaired) electrons. The average Bonchev–Trinajstić information content (AvgIpc) is 2.96. The maximum Gasteiger partial charge on any atom is 0.327 e. The number of carbonyl (C=O) groups excluding carboxylic acids is 1. The van der Waals surface area contributed by atoms with Crippen LogP contribution in [-0.4, -0.2) is 38.4 Å². The first kappa shape index (κ1) is 17.6. The SMILES string of the molecule is Cc1nc(OC(C)C)ccc1N1C(=O)NC2c3c1ccnc3SC2C(=O)O. The lowest BCUT2D eigenvalue weighted by atomic mass is 10.0. The number of nitrogens with zero attached hydrogens (tertiary/aromatic N) is 3. The number of carboxylic acid groups (broad SMARTS) is 1. The Morgan fingerprint density at radius 2 is 2.11 bits per heavy atom. The molecule has 2 amide bonds. The number of thioether (sulfide) groups is 1. The quantitative estimate of drug-likeness (QED) is 0.832. The summed E-state index contributed by atoms with van der Waals surface area (Å²) in [6.45, 7) is 5.64. The van der Waals surface area contributed by atoms with Gasteiger partial charge in [-0.05, 0) is 32.9 Å². The van der Waals surface area contributed by atoms with Crippen LogP contribution in [-0.2, 0) is 4.79 Å². The van der Waals surface area contributed by atoms with E-state index in [4.69, 9.17) is 4.74 Å². The number of nitrogens with one attached hydrogen (secondary N) is 1. The first-order chi connectivity index (χ1) is 12.9. The number of hydrogen-bond acceptors (Lipinski definition) is 6. The highest BCUT2D eigenvalue weighted by Crippen LogP contribution is 2.50. The summed E-state index contributed by atoms with van der Waals surface area (Å²) in [6.07, 6.45) is 1.59. The lowest BCUT2D eigenvalue weighted by molar-refractivity contribution is -0.136. The molecular formula is C18H18N4O4S. The van der Waals surface area contributed by atoms with Gasteiger partial charge in [0.2, 0.25) is 5.88 Å². The van der Waals surface area contributed by atoms with Gasteiger partial charge in [-0.1, -0.05) is 11.8 Å². The van der Waals surface area contributed by atoms with Crippen LogP contribution < -0.4 is 15.0 Å². The van der Waals surface area contributed by atoms with Crippen molar-refractivity contribution in [2.24, 2.45) is 0 Å². The summed E-state index contributed by atoms with van der Waals surface area (Å²) < 4.78 is 5.61. The zero-order valence-electron chi connectivity index (χ0n) is 15.0. The van der Waals surface area contributed by atoms with Gasteiger partial charge >= 0.3 is 12.0 Å². The number of carbonyl (C=O) groups is 2. The van der Waals surface area contributed by atoms with Gasteiger partial charge in [0.05, 0.1) is 29.2 Å². The van der Waals surface area contributed by atoms with E-state index in [1.807, 2.05) is 13.8 Å². The van der Waals surface area contributed by atoms with E-state index in [1.54, 1.807) is 31.3 Å². The molecule has 8 nitrogen and oxygen atoms in total. The second-order valence-corrected chi connectivity index (χ2v) is 7.74. The molecule has 2 unspecified atom stereocenters. The van der Waals surface area contributed by atoms with Crippen LogP contribution in [0.15, 0.2) is 29.4 Å². The van der Waals surface area contributed by atoms with Crippen LogP contribution in [0.25, 0.3) is 0 Å². The molecule has 0 fully saturated rings. The minimum absolute atomic E-state index is 0.00441. The van der Waals surface area contributed by atoms with Crippen molar-refractivity contribution in [1.82, 2.24) is 15.3 Å². The molecule has 140 valence electrons. The zero-order chi connectivity index (χ0) is 19.3. The van der Waals surface area contributed by atoms with E-state index < -0.39 is 17.3 Å². The Kier molecular flexibility index (Phi) is 4.18. The number of anilines is 2. The van der Waals surface area contributed by atoms with Crippen molar-refractivity contribution in [1.29, 1.82) is 0 Å². The lowest BCUT2D eigenvalue weighted by Gasteiger charge is -2.34. The number of pyridine rings is 2. The molecule has 2 aliphatic rings. The standard InChI is InChI=1S/C18H18N4O4S/c1-8(2)26-12-5-4-10(9(3)20-12)22-11-6-7-19-16-13(11)14(21-18(22)25)15(27-16)17(23)24/h4-8,14-15H,1-3H3,(H,21,25)(H,23,24).